The Kier molecular flexibility index (Phi) is 11.2. The molecule has 0 radical (unpaired) electrons. The minimum atomic E-state index is 0. The molecule has 1 rings (SSSR count). The molecule has 104 valence electrons. The van der Waals surface area contributed by atoms with Crippen molar-refractivity contribution in [3.8, 4) is 0 Å². The maximum atomic E-state index is 6.18. The fourth-order valence-corrected chi connectivity index (χ4v) is 1.56. The first-order valence-corrected chi connectivity index (χ1v) is 5.55. The Morgan fingerprint density at radius 2 is 2.06 bits per heavy atom. The van der Waals surface area contributed by atoms with Crippen molar-refractivity contribution in [1.82, 2.24) is 5.32 Å². The van der Waals surface area contributed by atoms with Crippen LogP contribution in [0.2, 0.25) is 5.02 Å². The average Bonchev–Trinajstić information content (AvgIpc) is 2.31. The van der Waals surface area contributed by atoms with Crippen molar-refractivity contribution in [3.63, 3.8) is 0 Å². The van der Waals surface area contributed by atoms with Gasteiger partial charge in [0.25, 0.3) is 0 Å². The lowest BCUT2D eigenvalue weighted by molar-refractivity contribution is 0.957. The minimum Gasteiger partial charge on any atom is -0.356 e. The molecular formula is C11H19Cl3N4. The molecule has 0 saturated carbocycles. The van der Waals surface area contributed by atoms with Gasteiger partial charge in [-0.25, -0.2) is 0 Å². The lowest BCUT2D eigenvalue weighted by atomic mass is 10.2. The Morgan fingerprint density at radius 1 is 1.39 bits per heavy atom. The molecule has 0 bridgehead atoms. The molecule has 18 heavy (non-hydrogen) atoms. The van der Waals surface area contributed by atoms with Crippen LogP contribution in [-0.4, -0.2) is 19.6 Å². The largest absolute Gasteiger partial charge is 0.356 e. The molecule has 1 aromatic carbocycles. The molecule has 0 atom stereocenters. The van der Waals surface area contributed by atoms with E-state index in [9.17, 15) is 0 Å². The van der Waals surface area contributed by atoms with Crippen LogP contribution in [0.15, 0.2) is 23.2 Å². The van der Waals surface area contributed by atoms with Crippen LogP contribution < -0.4 is 16.4 Å². The van der Waals surface area contributed by atoms with Gasteiger partial charge in [0.05, 0.1) is 10.7 Å². The summed E-state index contributed by atoms with van der Waals surface area (Å²) in [5, 5.41) is 6.86. The number of guanidine groups is 1. The highest BCUT2D eigenvalue weighted by Crippen LogP contribution is 2.25. The molecule has 7 heteroatoms. The lowest BCUT2D eigenvalue weighted by Gasteiger charge is -2.13. The van der Waals surface area contributed by atoms with E-state index >= 15 is 0 Å². The van der Waals surface area contributed by atoms with Crippen LogP contribution in [-0.2, 0) is 6.54 Å². The molecule has 0 spiro atoms. The van der Waals surface area contributed by atoms with E-state index < -0.39 is 0 Å². The van der Waals surface area contributed by atoms with Crippen molar-refractivity contribution in [1.29, 1.82) is 0 Å². The number of nitrogens with zero attached hydrogens (tertiary/aromatic N) is 1. The molecule has 0 saturated heterocycles. The molecule has 1 aromatic rings. The van der Waals surface area contributed by atoms with Gasteiger partial charge in [-0.05, 0) is 18.6 Å². The number of anilines is 1. The number of hydrogen-bond donors (Lipinski definition) is 3. The van der Waals surface area contributed by atoms with Crippen molar-refractivity contribution in [2.75, 3.05) is 18.9 Å². The van der Waals surface area contributed by atoms with Crippen LogP contribution in [0.4, 0.5) is 5.69 Å². The molecule has 0 heterocycles. The Morgan fingerprint density at radius 3 is 2.56 bits per heavy atom. The molecule has 4 N–H and O–H groups in total. The summed E-state index contributed by atoms with van der Waals surface area (Å²) in [6.45, 7) is 3.23. The summed E-state index contributed by atoms with van der Waals surface area (Å²) in [7, 11) is 1.71. The van der Waals surface area contributed by atoms with Crippen LogP contribution >= 0.6 is 36.4 Å². The standard InChI is InChI=1S/C11H17ClN4.2ClH/c1-3-15-11(14-2)16-9-6-4-5-8(7-13)10(9)12;;/h4-6H,3,7,13H2,1-2H3,(H2,14,15,16);2*1H. The Balaban J connectivity index is 0. The zero-order chi connectivity index (χ0) is 12.0. The van der Waals surface area contributed by atoms with Gasteiger partial charge in [-0.3, -0.25) is 4.99 Å². The number of rotatable bonds is 3. The molecule has 0 aliphatic rings. The summed E-state index contributed by atoms with van der Waals surface area (Å²) >= 11 is 6.18. The summed E-state index contributed by atoms with van der Waals surface area (Å²) in [5.74, 6) is 0.693. The first-order chi connectivity index (χ1) is 7.72. The van der Waals surface area contributed by atoms with Crippen LogP contribution in [0.1, 0.15) is 12.5 Å². The van der Waals surface area contributed by atoms with E-state index in [1.165, 1.54) is 0 Å². The molecule has 4 nitrogen and oxygen atoms in total. The van der Waals surface area contributed by atoms with E-state index in [1.807, 2.05) is 25.1 Å². The zero-order valence-corrected chi connectivity index (χ0v) is 12.8. The molecule has 0 unspecified atom stereocenters. The molecule has 0 amide bonds. The van der Waals surface area contributed by atoms with Gasteiger partial charge in [0.2, 0.25) is 0 Å². The molecule has 0 fully saturated rings. The molecule has 0 aliphatic heterocycles. The monoisotopic (exact) mass is 312 g/mol. The quantitative estimate of drug-likeness (QED) is 0.594. The zero-order valence-electron chi connectivity index (χ0n) is 10.4. The summed E-state index contributed by atoms with van der Waals surface area (Å²) in [6, 6.07) is 5.71. The third kappa shape index (κ3) is 5.31. The lowest BCUT2D eigenvalue weighted by Crippen LogP contribution is -2.30. The highest BCUT2D eigenvalue weighted by atomic mass is 35.5. The van der Waals surface area contributed by atoms with Crippen molar-refractivity contribution in [2.24, 2.45) is 10.7 Å². The fraction of sp³-hybridized carbons (Fsp3) is 0.364. The smallest absolute Gasteiger partial charge is 0.195 e. The summed E-state index contributed by atoms with van der Waals surface area (Å²) < 4.78 is 0. The third-order valence-corrected chi connectivity index (χ3v) is 2.57. The average molecular weight is 314 g/mol. The van der Waals surface area contributed by atoms with Gasteiger partial charge < -0.3 is 16.4 Å². The van der Waals surface area contributed by atoms with E-state index in [0.29, 0.717) is 17.5 Å². The first-order valence-electron chi connectivity index (χ1n) is 5.18. The normalized spacial score (nSPS) is 10.1. The second-order valence-corrected chi connectivity index (χ2v) is 3.59. The second kappa shape index (κ2) is 10.3. The Bertz CT molecular complexity index is 383. The van der Waals surface area contributed by atoms with E-state index in [0.717, 1.165) is 17.8 Å². The van der Waals surface area contributed by atoms with Crippen molar-refractivity contribution in [3.05, 3.63) is 28.8 Å². The van der Waals surface area contributed by atoms with Crippen LogP contribution in [0.25, 0.3) is 0 Å². The van der Waals surface area contributed by atoms with Crippen molar-refractivity contribution >= 4 is 48.1 Å². The van der Waals surface area contributed by atoms with Crippen LogP contribution in [0.3, 0.4) is 0 Å². The van der Waals surface area contributed by atoms with Crippen LogP contribution in [0, 0.1) is 0 Å². The number of benzene rings is 1. The Labute approximate surface area is 125 Å². The number of aliphatic imine (C=N–C) groups is 1. The van der Waals surface area contributed by atoms with Gasteiger partial charge in [0.15, 0.2) is 5.96 Å². The van der Waals surface area contributed by atoms with E-state index in [2.05, 4.69) is 15.6 Å². The summed E-state index contributed by atoms with van der Waals surface area (Å²) in [6.07, 6.45) is 0. The van der Waals surface area contributed by atoms with Gasteiger partial charge in [0.1, 0.15) is 0 Å². The predicted molar refractivity (Wildman–Crippen MR) is 84.5 cm³/mol. The maximum Gasteiger partial charge on any atom is 0.195 e. The van der Waals surface area contributed by atoms with Crippen molar-refractivity contribution in [2.45, 2.75) is 13.5 Å². The SMILES string of the molecule is CCNC(=NC)Nc1cccc(CN)c1Cl.Cl.Cl. The van der Waals surface area contributed by atoms with E-state index in [1.54, 1.807) is 7.05 Å². The number of halogens is 3. The predicted octanol–water partition coefficient (Wildman–Crippen LogP) is 2.65. The molecular weight excluding hydrogens is 295 g/mol. The van der Waals surface area contributed by atoms with Gasteiger partial charge >= 0.3 is 0 Å². The number of nitrogens with two attached hydrogens (primary N) is 1. The maximum absolute atomic E-state index is 6.18. The van der Waals surface area contributed by atoms with Gasteiger partial charge in [0, 0.05) is 20.1 Å². The number of nitrogens with one attached hydrogen (secondary N) is 2. The first kappa shape index (κ1) is 19.7. The topological polar surface area (TPSA) is 62.4 Å². The van der Waals surface area contributed by atoms with Crippen LogP contribution in [0.5, 0.6) is 0 Å². The van der Waals surface area contributed by atoms with E-state index in [-0.39, 0.29) is 24.8 Å². The van der Waals surface area contributed by atoms with Gasteiger partial charge in [-0.1, -0.05) is 23.7 Å². The van der Waals surface area contributed by atoms with Gasteiger partial charge in [-0.15, -0.1) is 24.8 Å². The Hall–Kier alpha value is -0.680. The summed E-state index contributed by atoms with van der Waals surface area (Å²) in [4.78, 5) is 4.07. The molecule has 0 aliphatic carbocycles. The molecule has 0 aromatic heterocycles. The minimum absolute atomic E-state index is 0. The van der Waals surface area contributed by atoms with Crippen molar-refractivity contribution < 1.29 is 0 Å². The second-order valence-electron chi connectivity index (χ2n) is 3.21. The van der Waals surface area contributed by atoms with Gasteiger partial charge in [-0.2, -0.15) is 0 Å². The highest BCUT2D eigenvalue weighted by molar-refractivity contribution is 6.34. The third-order valence-electron chi connectivity index (χ3n) is 2.12. The highest BCUT2D eigenvalue weighted by Gasteiger charge is 2.06. The fourth-order valence-electron chi connectivity index (χ4n) is 1.31. The number of hydrogen-bond acceptors (Lipinski definition) is 2. The summed E-state index contributed by atoms with van der Waals surface area (Å²) in [5.41, 5.74) is 7.31. The van der Waals surface area contributed by atoms with E-state index in [4.69, 9.17) is 17.3 Å².